The largest absolute Gasteiger partial charge is 0.464 e. The molecule has 0 aromatic rings. The van der Waals surface area contributed by atoms with Crippen molar-refractivity contribution in [1.82, 2.24) is 0 Å². The van der Waals surface area contributed by atoms with E-state index in [1.165, 1.54) is 32.1 Å². The number of aliphatic hydroxyl groups excluding tert-OH is 3. The third-order valence-corrected chi connectivity index (χ3v) is 3.95. The van der Waals surface area contributed by atoms with Crippen LogP contribution < -0.4 is 0 Å². The Morgan fingerprint density at radius 2 is 1.70 bits per heavy atom. The van der Waals surface area contributed by atoms with Crippen LogP contribution in [0.3, 0.4) is 0 Å². The summed E-state index contributed by atoms with van der Waals surface area (Å²) in [6, 6.07) is 0. The number of rotatable bonds is 11. The highest BCUT2D eigenvalue weighted by Crippen LogP contribution is 2.19. The average molecular weight is 332 g/mol. The van der Waals surface area contributed by atoms with Gasteiger partial charge in [0.15, 0.2) is 18.3 Å². The van der Waals surface area contributed by atoms with Crippen LogP contribution in [0, 0.1) is 0 Å². The molecule has 4 atom stereocenters. The molecule has 0 aromatic heterocycles. The summed E-state index contributed by atoms with van der Waals surface area (Å²) in [4.78, 5) is 22.7. The lowest BCUT2D eigenvalue weighted by atomic mass is 10.1. The van der Waals surface area contributed by atoms with Crippen LogP contribution in [0.2, 0.25) is 0 Å². The van der Waals surface area contributed by atoms with Gasteiger partial charge in [0.1, 0.15) is 6.10 Å². The molecule has 1 fully saturated rings. The molecule has 7 heteroatoms. The number of carbonyl (C=O) groups excluding carboxylic acids is 2. The van der Waals surface area contributed by atoms with Crippen LogP contribution in [0.25, 0.3) is 0 Å². The van der Waals surface area contributed by atoms with Crippen molar-refractivity contribution < 1.29 is 34.4 Å². The highest BCUT2D eigenvalue weighted by Gasteiger charge is 2.48. The first-order valence-electron chi connectivity index (χ1n) is 8.40. The summed E-state index contributed by atoms with van der Waals surface area (Å²) in [7, 11) is 0. The molecule has 3 N–H and O–H groups in total. The minimum atomic E-state index is -1.79. The van der Waals surface area contributed by atoms with Crippen molar-refractivity contribution in [3.63, 3.8) is 0 Å². The van der Waals surface area contributed by atoms with Gasteiger partial charge in [-0.05, 0) is 6.42 Å². The molecule has 1 aliphatic rings. The molecule has 0 radical (unpaired) electrons. The Kier molecular flexibility index (Phi) is 9.13. The topological polar surface area (TPSA) is 113 Å². The molecule has 0 bridgehead atoms. The number of aliphatic hydroxyl groups is 3. The van der Waals surface area contributed by atoms with Gasteiger partial charge in [0.05, 0.1) is 6.61 Å². The minimum absolute atomic E-state index is 0.171. The summed E-state index contributed by atoms with van der Waals surface area (Å²) in [5.41, 5.74) is 0. The number of unbranched alkanes of at least 4 members (excludes halogenated alkanes) is 7. The van der Waals surface area contributed by atoms with E-state index in [2.05, 4.69) is 11.7 Å². The smallest absolute Gasteiger partial charge is 0.339 e. The molecule has 1 rings (SSSR count). The Morgan fingerprint density at radius 1 is 1.13 bits per heavy atom. The molecule has 1 heterocycles. The van der Waals surface area contributed by atoms with Gasteiger partial charge in [-0.3, -0.25) is 0 Å². The second-order valence-electron chi connectivity index (χ2n) is 5.92. The lowest BCUT2D eigenvalue weighted by Crippen LogP contribution is -2.43. The van der Waals surface area contributed by atoms with Crippen LogP contribution in [-0.4, -0.2) is 58.3 Å². The zero-order chi connectivity index (χ0) is 17.2. The normalized spacial score (nSPS) is 25.2. The lowest BCUT2D eigenvalue weighted by Gasteiger charge is -2.18. The molecule has 7 nitrogen and oxygen atoms in total. The highest BCUT2D eigenvalue weighted by molar-refractivity contribution is 5.81. The lowest BCUT2D eigenvalue weighted by molar-refractivity contribution is -0.167. The van der Waals surface area contributed by atoms with Gasteiger partial charge in [-0.2, -0.15) is 0 Å². The predicted octanol–water partition coefficient (Wildman–Crippen LogP) is 0.678. The second kappa shape index (κ2) is 10.6. The maximum Gasteiger partial charge on any atom is 0.339 e. The summed E-state index contributed by atoms with van der Waals surface area (Å²) in [6.07, 6.45) is 2.20. The first kappa shape index (κ1) is 19.9. The quantitative estimate of drug-likeness (QED) is 0.376. The van der Waals surface area contributed by atoms with Gasteiger partial charge in [-0.25, -0.2) is 9.59 Å². The molecule has 0 aliphatic carbocycles. The molecule has 0 saturated carbocycles. The van der Waals surface area contributed by atoms with E-state index < -0.39 is 36.4 Å². The molecule has 1 aliphatic heterocycles. The third kappa shape index (κ3) is 6.45. The fourth-order valence-corrected chi connectivity index (χ4v) is 2.47. The fourth-order valence-electron chi connectivity index (χ4n) is 2.47. The van der Waals surface area contributed by atoms with Gasteiger partial charge in [-0.15, -0.1) is 0 Å². The van der Waals surface area contributed by atoms with Crippen molar-refractivity contribution in [3.05, 3.63) is 0 Å². The second-order valence-corrected chi connectivity index (χ2v) is 5.92. The van der Waals surface area contributed by atoms with Crippen molar-refractivity contribution in [1.29, 1.82) is 0 Å². The molecule has 1 unspecified atom stereocenters. The highest BCUT2D eigenvalue weighted by atomic mass is 16.6. The van der Waals surface area contributed by atoms with E-state index in [4.69, 9.17) is 4.74 Å². The summed E-state index contributed by atoms with van der Waals surface area (Å²) in [5, 5.41) is 28.5. The van der Waals surface area contributed by atoms with Gasteiger partial charge in [0, 0.05) is 0 Å². The maximum absolute atomic E-state index is 11.6. The van der Waals surface area contributed by atoms with Crippen LogP contribution in [-0.2, 0) is 19.1 Å². The van der Waals surface area contributed by atoms with E-state index in [1.807, 2.05) is 0 Å². The van der Waals surface area contributed by atoms with E-state index in [9.17, 15) is 24.9 Å². The van der Waals surface area contributed by atoms with E-state index in [-0.39, 0.29) is 6.61 Å². The van der Waals surface area contributed by atoms with Crippen LogP contribution >= 0.6 is 0 Å². The van der Waals surface area contributed by atoms with Crippen LogP contribution in [0.5, 0.6) is 0 Å². The van der Waals surface area contributed by atoms with E-state index in [1.54, 1.807) is 0 Å². The molecule has 0 amide bonds. The summed E-state index contributed by atoms with van der Waals surface area (Å²) >= 11 is 0. The van der Waals surface area contributed by atoms with Gasteiger partial charge in [0.2, 0.25) is 0 Å². The van der Waals surface area contributed by atoms with Crippen molar-refractivity contribution in [2.75, 3.05) is 6.61 Å². The number of ether oxygens (including phenoxy) is 2. The molecule has 134 valence electrons. The van der Waals surface area contributed by atoms with Crippen LogP contribution in [0.15, 0.2) is 0 Å². The molecular weight excluding hydrogens is 304 g/mol. The SMILES string of the molecule is CCCCCCCCCCOC(=O)C(O)[C@H]1OC(=O)[C@@H](O)[C@H]1O. The number of hydrogen-bond donors (Lipinski definition) is 3. The Hall–Kier alpha value is -1.18. The average Bonchev–Trinajstić information content (AvgIpc) is 2.80. The summed E-state index contributed by atoms with van der Waals surface area (Å²) < 4.78 is 9.48. The van der Waals surface area contributed by atoms with E-state index >= 15 is 0 Å². The monoisotopic (exact) mass is 332 g/mol. The molecule has 23 heavy (non-hydrogen) atoms. The third-order valence-electron chi connectivity index (χ3n) is 3.95. The van der Waals surface area contributed by atoms with Gasteiger partial charge >= 0.3 is 11.9 Å². The Morgan fingerprint density at radius 3 is 2.22 bits per heavy atom. The minimum Gasteiger partial charge on any atom is -0.464 e. The van der Waals surface area contributed by atoms with E-state index in [0.717, 1.165) is 12.8 Å². The zero-order valence-corrected chi connectivity index (χ0v) is 13.6. The Balaban J connectivity index is 2.11. The van der Waals surface area contributed by atoms with Crippen molar-refractivity contribution in [3.8, 4) is 0 Å². The fraction of sp³-hybridized carbons (Fsp3) is 0.875. The van der Waals surface area contributed by atoms with Gasteiger partial charge < -0.3 is 24.8 Å². The van der Waals surface area contributed by atoms with Gasteiger partial charge in [0.25, 0.3) is 0 Å². The first-order chi connectivity index (χ1) is 11.0. The van der Waals surface area contributed by atoms with Crippen molar-refractivity contribution in [2.45, 2.75) is 82.7 Å². The molecule has 0 spiro atoms. The number of cyclic esters (lactones) is 1. The first-order valence-corrected chi connectivity index (χ1v) is 8.40. The molecular formula is C16H28O7. The zero-order valence-electron chi connectivity index (χ0n) is 13.6. The Bertz CT molecular complexity index is 371. The standard InChI is InChI=1S/C16H28O7/c1-2-3-4-5-6-7-8-9-10-22-15(20)13(19)14-11(17)12(18)16(21)23-14/h11-14,17-19H,2-10H2,1H3/t11-,12+,13?,14+/m1/s1. The number of esters is 2. The molecule has 0 aromatic carbocycles. The van der Waals surface area contributed by atoms with Crippen LogP contribution in [0.4, 0.5) is 0 Å². The number of hydrogen-bond acceptors (Lipinski definition) is 7. The van der Waals surface area contributed by atoms with Gasteiger partial charge in [-0.1, -0.05) is 51.9 Å². The molecule has 1 saturated heterocycles. The predicted molar refractivity (Wildman–Crippen MR) is 81.5 cm³/mol. The summed E-state index contributed by atoms with van der Waals surface area (Å²) in [5.74, 6) is -2.02. The van der Waals surface area contributed by atoms with Crippen molar-refractivity contribution in [2.24, 2.45) is 0 Å². The summed E-state index contributed by atoms with van der Waals surface area (Å²) in [6.45, 7) is 2.35. The van der Waals surface area contributed by atoms with E-state index in [0.29, 0.717) is 6.42 Å². The maximum atomic E-state index is 11.6. The number of carbonyl (C=O) groups is 2. The van der Waals surface area contributed by atoms with Crippen molar-refractivity contribution >= 4 is 11.9 Å². The van der Waals surface area contributed by atoms with Crippen LogP contribution in [0.1, 0.15) is 58.3 Å². The Labute approximate surface area is 136 Å².